The van der Waals surface area contributed by atoms with Gasteiger partial charge in [-0.25, -0.2) is 0 Å². The third-order valence-electron chi connectivity index (χ3n) is 2.48. The van der Waals surface area contributed by atoms with Crippen molar-refractivity contribution in [3.63, 3.8) is 0 Å². The van der Waals surface area contributed by atoms with Crippen molar-refractivity contribution in [1.82, 2.24) is 0 Å². The molecule has 0 N–H and O–H groups in total. The summed E-state index contributed by atoms with van der Waals surface area (Å²) in [7, 11) is -0.995. The molecule has 0 saturated heterocycles. The lowest BCUT2D eigenvalue weighted by Gasteiger charge is -2.13. The van der Waals surface area contributed by atoms with Crippen LogP contribution in [0.5, 0.6) is 0 Å². The van der Waals surface area contributed by atoms with Crippen molar-refractivity contribution in [2.24, 2.45) is 4.99 Å². The molecule has 0 radical (unpaired) electrons. The molecule has 1 saturated carbocycles. The van der Waals surface area contributed by atoms with Gasteiger partial charge >= 0.3 is 0 Å². The van der Waals surface area contributed by atoms with E-state index in [0.717, 1.165) is 5.69 Å². The fourth-order valence-electron chi connectivity index (χ4n) is 1.63. The molecular weight excluding hydrogens is 230 g/mol. The van der Waals surface area contributed by atoms with Gasteiger partial charge in [-0.2, -0.15) is 11.2 Å². The Bertz CT molecular complexity index is 420. The molecule has 0 heterocycles. The first-order chi connectivity index (χ1) is 7.46. The third kappa shape index (κ3) is 3.22. The molecule has 0 aromatic heterocycles. The van der Waals surface area contributed by atoms with Crippen molar-refractivity contribution in [2.45, 2.75) is 38.2 Å². The van der Waals surface area contributed by atoms with Crippen LogP contribution in [0.1, 0.15) is 12.0 Å². The second kappa shape index (κ2) is 4.38. The van der Waals surface area contributed by atoms with Crippen LogP contribution in [0.25, 0.3) is 0 Å². The molecule has 1 aromatic rings. The SMILES string of the molecule is Cc1ccccc1N=C1CC1S[Si](C)(C)C. The summed E-state index contributed by atoms with van der Waals surface area (Å²) in [5.74, 6) is 0. The van der Waals surface area contributed by atoms with Gasteiger partial charge in [0.2, 0.25) is 0 Å². The molecule has 1 aliphatic carbocycles. The average molecular weight is 249 g/mol. The fourth-order valence-corrected chi connectivity index (χ4v) is 6.14. The third-order valence-corrected chi connectivity index (χ3v) is 6.89. The predicted molar refractivity (Wildman–Crippen MR) is 77.6 cm³/mol. The lowest BCUT2D eigenvalue weighted by Crippen LogP contribution is -2.15. The highest BCUT2D eigenvalue weighted by Crippen LogP contribution is 2.39. The Hall–Kier alpha value is -0.543. The summed E-state index contributed by atoms with van der Waals surface area (Å²) in [6.07, 6.45) is 1.20. The van der Waals surface area contributed by atoms with E-state index in [-0.39, 0.29) is 0 Å². The van der Waals surface area contributed by atoms with Crippen molar-refractivity contribution >= 4 is 29.8 Å². The Morgan fingerprint density at radius 1 is 1.25 bits per heavy atom. The highest BCUT2D eigenvalue weighted by molar-refractivity contribution is 8.29. The van der Waals surface area contributed by atoms with Gasteiger partial charge in [0.25, 0.3) is 0 Å². The first-order valence-corrected chi connectivity index (χ1v) is 10.9. The van der Waals surface area contributed by atoms with E-state index in [1.807, 2.05) is 0 Å². The zero-order valence-corrected chi connectivity index (χ0v) is 12.3. The van der Waals surface area contributed by atoms with E-state index < -0.39 is 7.22 Å². The standard InChI is InChI=1S/C13H19NSSi/c1-10-7-5-6-8-11(10)14-12-9-13(12)15-16(2,3)4/h5-8,13H,9H2,1-4H3. The van der Waals surface area contributed by atoms with Gasteiger partial charge in [-0.3, -0.25) is 4.99 Å². The molecule has 86 valence electrons. The fraction of sp³-hybridized carbons (Fsp3) is 0.462. The first-order valence-electron chi connectivity index (χ1n) is 5.76. The highest BCUT2D eigenvalue weighted by atomic mass is 32.4. The van der Waals surface area contributed by atoms with Crippen LogP contribution in [-0.4, -0.2) is 18.2 Å². The minimum absolute atomic E-state index is 0.714. The van der Waals surface area contributed by atoms with Crippen LogP contribution in [0.2, 0.25) is 19.6 Å². The Labute approximate surface area is 103 Å². The van der Waals surface area contributed by atoms with Crippen molar-refractivity contribution in [1.29, 1.82) is 0 Å². The Balaban J connectivity index is 2.04. The zero-order valence-electron chi connectivity index (χ0n) is 10.4. The second-order valence-corrected chi connectivity index (χ2v) is 14.7. The van der Waals surface area contributed by atoms with Crippen LogP contribution >= 0.6 is 11.2 Å². The molecule has 3 heteroatoms. The Morgan fingerprint density at radius 3 is 2.56 bits per heavy atom. The summed E-state index contributed by atoms with van der Waals surface area (Å²) >= 11 is 2.16. The van der Waals surface area contributed by atoms with Gasteiger partial charge in [0.15, 0.2) is 0 Å². The average Bonchev–Trinajstić information content (AvgIpc) is 2.85. The quantitative estimate of drug-likeness (QED) is 0.723. The monoisotopic (exact) mass is 249 g/mol. The second-order valence-electron chi connectivity index (χ2n) is 5.31. The van der Waals surface area contributed by atoms with Crippen molar-refractivity contribution in [3.8, 4) is 0 Å². The molecule has 1 unspecified atom stereocenters. The van der Waals surface area contributed by atoms with E-state index in [1.54, 1.807) is 0 Å². The molecule has 1 atom stereocenters. The van der Waals surface area contributed by atoms with Crippen LogP contribution in [0.4, 0.5) is 5.69 Å². The van der Waals surface area contributed by atoms with Gasteiger partial charge in [-0.05, 0) is 18.6 Å². The molecule has 0 spiro atoms. The normalized spacial score (nSPS) is 22.5. The van der Waals surface area contributed by atoms with Crippen LogP contribution in [0, 0.1) is 6.92 Å². The molecule has 0 amide bonds. The maximum absolute atomic E-state index is 4.75. The maximum atomic E-state index is 4.75. The lowest BCUT2D eigenvalue weighted by molar-refractivity contribution is 1.40. The van der Waals surface area contributed by atoms with Gasteiger partial charge < -0.3 is 0 Å². The van der Waals surface area contributed by atoms with E-state index in [9.17, 15) is 0 Å². The summed E-state index contributed by atoms with van der Waals surface area (Å²) in [5.41, 5.74) is 3.82. The molecule has 2 rings (SSSR count). The lowest BCUT2D eigenvalue weighted by atomic mass is 10.2. The van der Waals surface area contributed by atoms with Gasteiger partial charge in [0.1, 0.15) is 7.22 Å². The first kappa shape index (κ1) is 11.9. The molecule has 0 bridgehead atoms. The van der Waals surface area contributed by atoms with Crippen LogP contribution in [0.15, 0.2) is 29.3 Å². The number of rotatable bonds is 3. The minimum Gasteiger partial charge on any atom is -0.256 e. The van der Waals surface area contributed by atoms with Crippen LogP contribution in [0.3, 0.4) is 0 Å². The number of para-hydroxylation sites is 1. The molecule has 0 aliphatic heterocycles. The summed E-state index contributed by atoms with van der Waals surface area (Å²) in [5, 5.41) is 0.714. The summed E-state index contributed by atoms with van der Waals surface area (Å²) in [4.78, 5) is 4.75. The number of aliphatic imine (C=N–C) groups is 1. The number of aryl methyl sites for hydroxylation is 1. The Morgan fingerprint density at radius 2 is 1.94 bits per heavy atom. The molecule has 16 heavy (non-hydrogen) atoms. The van der Waals surface area contributed by atoms with E-state index in [2.05, 4.69) is 62.0 Å². The van der Waals surface area contributed by atoms with Crippen molar-refractivity contribution < 1.29 is 0 Å². The van der Waals surface area contributed by atoms with Crippen molar-refractivity contribution in [2.75, 3.05) is 0 Å². The van der Waals surface area contributed by atoms with Gasteiger partial charge in [0.05, 0.1) is 5.69 Å². The number of benzene rings is 1. The number of hydrogen-bond acceptors (Lipinski definition) is 2. The smallest absolute Gasteiger partial charge is 0.109 e. The van der Waals surface area contributed by atoms with E-state index >= 15 is 0 Å². The molecule has 1 nitrogen and oxygen atoms in total. The molecule has 1 aliphatic rings. The van der Waals surface area contributed by atoms with Crippen LogP contribution in [-0.2, 0) is 0 Å². The van der Waals surface area contributed by atoms with E-state index in [0.29, 0.717) is 5.25 Å². The predicted octanol–water partition coefficient (Wildman–Crippen LogP) is 4.41. The largest absolute Gasteiger partial charge is 0.256 e. The topological polar surface area (TPSA) is 12.4 Å². The van der Waals surface area contributed by atoms with Gasteiger partial charge in [0, 0.05) is 17.4 Å². The minimum atomic E-state index is -0.995. The van der Waals surface area contributed by atoms with Gasteiger partial charge in [-0.1, -0.05) is 37.8 Å². The number of hydrogen-bond donors (Lipinski definition) is 0. The summed E-state index contributed by atoms with van der Waals surface area (Å²) < 4.78 is 0. The van der Waals surface area contributed by atoms with E-state index in [4.69, 9.17) is 4.99 Å². The molecular formula is C13H19NSSi. The molecule has 1 aromatic carbocycles. The van der Waals surface area contributed by atoms with Crippen LogP contribution < -0.4 is 0 Å². The number of nitrogens with zero attached hydrogens (tertiary/aromatic N) is 1. The summed E-state index contributed by atoms with van der Waals surface area (Å²) in [6, 6.07) is 8.37. The zero-order chi connectivity index (χ0) is 11.8. The van der Waals surface area contributed by atoms with E-state index in [1.165, 1.54) is 17.7 Å². The van der Waals surface area contributed by atoms with Crippen molar-refractivity contribution in [3.05, 3.63) is 29.8 Å². The highest BCUT2D eigenvalue weighted by Gasteiger charge is 2.36. The summed E-state index contributed by atoms with van der Waals surface area (Å²) in [6.45, 7) is 9.34. The molecule has 1 fully saturated rings. The van der Waals surface area contributed by atoms with Gasteiger partial charge in [-0.15, -0.1) is 0 Å². The Kier molecular flexibility index (Phi) is 3.26. The maximum Gasteiger partial charge on any atom is 0.109 e.